The maximum atomic E-state index is 13.3. The molecule has 29 heavy (non-hydrogen) atoms. The molecule has 0 saturated heterocycles. The van der Waals surface area contributed by atoms with Crippen molar-refractivity contribution in [3.8, 4) is 16.9 Å². The average molecular weight is 469 g/mol. The summed E-state index contributed by atoms with van der Waals surface area (Å²) >= 11 is 4.89. The Bertz CT molecular complexity index is 1280. The fraction of sp³-hybridized carbons (Fsp3) is 0.136. The first-order valence-corrected chi connectivity index (χ1v) is 10.6. The third kappa shape index (κ3) is 3.75. The van der Waals surface area contributed by atoms with Crippen LogP contribution in [0.5, 0.6) is 5.75 Å². The Morgan fingerprint density at radius 3 is 2.66 bits per heavy atom. The smallest absolute Gasteiger partial charge is 0.263 e. The number of benzene rings is 2. The molecule has 0 N–H and O–H groups in total. The van der Waals surface area contributed by atoms with Gasteiger partial charge in [-0.25, -0.2) is 4.98 Å². The molecule has 4 rings (SSSR count). The molecule has 0 saturated carbocycles. The van der Waals surface area contributed by atoms with Gasteiger partial charge in [0.1, 0.15) is 10.6 Å². The number of methoxy groups -OCH3 is 1. The lowest BCUT2D eigenvalue weighted by Crippen LogP contribution is -2.21. The Labute approximate surface area is 179 Å². The van der Waals surface area contributed by atoms with Gasteiger partial charge < -0.3 is 4.74 Å². The van der Waals surface area contributed by atoms with Crippen LogP contribution in [0, 0.1) is 0 Å². The van der Waals surface area contributed by atoms with Crippen LogP contribution in [0.15, 0.2) is 63.4 Å². The molecule has 0 fully saturated rings. The number of ketones is 1. The van der Waals surface area contributed by atoms with Gasteiger partial charge >= 0.3 is 0 Å². The number of ether oxygens (including phenoxy) is 1. The standard InChI is InChI=1S/C22H17BrN2O3S/c1-13(26)15-5-8-19(28-2)16(9-15)10-25-12-24-21-20(22(25)27)18(11-29-21)14-3-6-17(23)7-4-14/h3-9,11-12H,10H2,1-2H3. The molecule has 0 aliphatic heterocycles. The second-order valence-electron chi connectivity index (χ2n) is 6.60. The summed E-state index contributed by atoms with van der Waals surface area (Å²) in [5, 5.41) is 2.56. The minimum atomic E-state index is -0.121. The zero-order valence-corrected chi connectivity index (χ0v) is 18.2. The first kappa shape index (κ1) is 19.5. The lowest BCUT2D eigenvalue weighted by molar-refractivity contribution is 0.101. The average Bonchev–Trinajstić information content (AvgIpc) is 3.15. The van der Waals surface area contributed by atoms with E-state index in [-0.39, 0.29) is 17.9 Å². The zero-order chi connectivity index (χ0) is 20.5. The summed E-state index contributed by atoms with van der Waals surface area (Å²) in [6.45, 7) is 1.78. The third-order valence-corrected chi connectivity index (χ3v) is 6.16. The van der Waals surface area contributed by atoms with Gasteiger partial charge in [-0.05, 0) is 42.8 Å². The monoisotopic (exact) mass is 468 g/mol. The number of hydrogen-bond donors (Lipinski definition) is 0. The van der Waals surface area contributed by atoms with Gasteiger partial charge in [0.15, 0.2) is 5.78 Å². The van der Waals surface area contributed by atoms with Crippen molar-refractivity contribution in [3.63, 3.8) is 0 Å². The summed E-state index contributed by atoms with van der Waals surface area (Å²) in [5.74, 6) is 0.589. The van der Waals surface area contributed by atoms with Crippen molar-refractivity contribution in [1.29, 1.82) is 0 Å². The molecule has 5 nitrogen and oxygen atoms in total. The van der Waals surface area contributed by atoms with Crippen LogP contribution in [0.1, 0.15) is 22.8 Å². The molecule has 2 aromatic heterocycles. The molecule has 0 amide bonds. The molecule has 0 radical (unpaired) electrons. The fourth-order valence-electron chi connectivity index (χ4n) is 3.23. The molecule has 0 bridgehead atoms. The summed E-state index contributed by atoms with van der Waals surface area (Å²) in [6.07, 6.45) is 1.55. The third-order valence-electron chi connectivity index (χ3n) is 4.74. The molecular weight excluding hydrogens is 452 g/mol. The zero-order valence-electron chi connectivity index (χ0n) is 15.8. The molecule has 0 atom stereocenters. The van der Waals surface area contributed by atoms with Crippen LogP contribution in [-0.2, 0) is 6.54 Å². The minimum Gasteiger partial charge on any atom is -0.496 e. The number of carbonyl (C=O) groups is 1. The molecule has 2 aromatic carbocycles. The summed E-state index contributed by atoms with van der Waals surface area (Å²) < 4.78 is 7.95. The van der Waals surface area contributed by atoms with E-state index in [0.717, 1.165) is 21.2 Å². The van der Waals surface area contributed by atoms with E-state index in [1.54, 1.807) is 36.2 Å². The lowest BCUT2D eigenvalue weighted by atomic mass is 10.1. The summed E-state index contributed by atoms with van der Waals surface area (Å²) in [4.78, 5) is 30.2. The van der Waals surface area contributed by atoms with Crippen LogP contribution in [0.25, 0.3) is 21.3 Å². The summed E-state index contributed by atoms with van der Waals surface area (Å²) in [7, 11) is 1.57. The topological polar surface area (TPSA) is 61.2 Å². The van der Waals surface area contributed by atoms with E-state index >= 15 is 0 Å². The second kappa shape index (κ2) is 7.93. The van der Waals surface area contributed by atoms with E-state index in [2.05, 4.69) is 20.9 Å². The van der Waals surface area contributed by atoms with Crippen molar-refractivity contribution >= 4 is 43.3 Å². The van der Waals surface area contributed by atoms with Gasteiger partial charge in [-0.15, -0.1) is 11.3 Å². The van der Waals surface area contributed by atoms with Crippen molar-refractivity contribution in [2.24, 2.45) is 0 Å². The Morgan fingerprint density at radius 1 is 1.21 bits per heavy atom. The molecule has 2 heterocycles. The highest BCUT2D eigenvalue weighted by Crippen LogP contribution is 2.31. The van der Waals surface area contributed by atoms with Crippen molar-refractivity contribution in [2.45, 2.75) is 13.5 Å². The van der Waals surface area contributed by atoms with E-state index < -0.39 is 0 Å². The number of thiophene rings is 1. The number of fused-ring (bicyclic) bond motifs is 1. The lowest BCUT2D eigenvalue weighted by Gasteiger charge is -2.12. The summed E-state index contributed by atoms with van der Waals surface area (Å²) in [6, 6.07) is 13.1. The number of Topliss-reactive ketones (excluding diaryl/α,β-unsaturated/α-hetero) is 1. The first-order chi connectivity index (χ1) is 14.0. The van der Waals surface area contributed by atoms with Gasteiger partial charge in [0.05, 0.1) is 25.4 Å². The predicted octanol–water partition coefficient (Wildman–Crippen LogP) is 5.15. The quantitative estimate of drug-likeness (QED) is 0.380. The van der Waals surface area contributed by atoms with Gasteiger partial charge in [0.2, 0.25) is 0 Å². The number of aromatic nitrogens is 2. The van der Waals surface area contributed by atoms with Crippen LogP contribution in [0.4, 0.5) is 0 Å². The predicted molar refractivity (Wildman–Crippen MR) is 119 cm³/mol. The molecule has 0 aliphatic rings. The molecule has 0 spiro atoms. The van der Waals surface area contributed by atoms with Gasteiger partial charge in [-0.3, -0.25) is 14.2 Å². The number of halogens is 1. The second-order valence-corrected chi connectivity index (χ2v) is 8.37. The van der Waals surface area contributed by atoms with Crippen LogP contribution in [0.2, 0.25) is 0 Å². The van der Waals surface area contributed by atoms with E-state index in [1.807, 2.05) is 29.6 Å². The maximum Gasteiger partial charge on any atom is 0.263 e. The minimum absolute atomic E-state index is 0.0369. The van der Waals surface area contributed by atoms with E-state index in [4.69, 9.17) is 4.74 Å². The largest absolute Gasteiger partial charge is 0.496 e. The van der Waals surface area contributed by atoms with Gasteiger partial charge in [-0.2, -0.15) is 0 Å². The van der Waals surface area contributed by atoms with Crippen LogP contribution in [-0.4, -0.2) is 22.4 Å². The molecule has 0 aliphatic carbocycles. The first-order valence-electron chi connectivity index (χ1n) is 8.88. The number of hydrogen-bond acceptors (Lipinski definition) is 5. The number of rotatable bonds is 5. The van der Waals surface area contributed by atoms with Crippen molar-refractivity contribution in [3.05, 3.63) is 80.1 Å². The maximum absolute atomic E-state index is 13.3. The molecular formula is C22H17BrN2O3S. The highest BCUT2D eigenvalue weighted by atomic mass is 79.9. The molecule has 0 unspecified atom stereocenters. The van der Waals surface area contributed by atoms with Crippen LogP contribution in [0.3, 0.4) is 0 Å². The normalized spacial score (nSPS) is 11.0. The molecule has 4 aromatic rings. The number of carbonyl (C=O) groups excluding carboxylic acids is 1. The number of nitrogens with zero attached hydrogens (tertiary/aromatic N) is 2. The molecule has 146 valence electrons. The Morgan fingerprint density at radius 2 is 1.97 bits per heavy atom. The highest BCUT2D eigenvalue weighted by molar-refractivity contribution is 9.10. The Kier molecular flexibility index (Phi) is 5.34. The van der Waals surface area contributed by atoms with Gasteiger partial charge in [-0.1, -0.05) is 28.1 Å². The Balaban J connectivity index is 1.82. The van der Waals surface area contributed by atoms with Gasteiger partial charge in [0.25, 0.3) is 5.56 Å². The van der Waals surface area contributed by atoms with E-state index in [1.165, 1.54) is 18.3 Å². The van der Waals surface area contributed by atoms with Gasteiger partial charge in [0, 0.05) is 26.5 Å². The van der Waals surface area contributed by atoms with Crippen molar-refractivity contribution < 1.29 is 9.53 Å². The van der Waals surface area contributed by atoms with E-state index in [9.17, 15) is 9.59 Å². The highest BCUT2D eigenvalue weighted by Gasteiger charge is 2.15. The molecule has 7 heteroatoms. The SMILES string of the molecule is COc1ccc(C(C)=O)cc1Cn1cnc2scc(-c3ccc(Br)cc3)c2c1=O. The fourth-order valence-corrected chi connectivity index (χ4v) is 4.40. The van der Waals surface area contributed by atoms with E-state index in [0.29, 0.717) is 21.5 Å². The van der Waals surface area contributed by atoms with Crippen molar-refractivity contribution in [2.75, 3.05) is 7.11 Å². The van der Waals surface area contributed by atoms with Crippen LogP contribution < -0.4 is 10.3 Å². The van der Waals surface area contributed by atoms with Crippen LogP contribution >= 0.6 is 27.3 Å². The Hall–Kier alpha value is -2.77. The van der Waals surface area contributed by atoms with Crippen molar-refractivity contribution in [1.82, 2.24) is 9.55 Å². The summed E-state index contributed by atoms with van der Waals surface area (Å²) in [5.41, 5.74) is 3.04.